The number of rotatable bonds is 1. The predicted octanol–water partition coefficient (Wildman–Crippen LogP) is 3.18. The Balaban J connectivity index is 2.35. The Kier molecular flexibility index (Phi) is 2.22. The molecule has 0 aliphatic rings. The third-order valence-corrected chi connectivity index (χ3v) is 2.96. The molecule has 0 aliphatic heterocycles. The zero-order chi connectivity index (χ0) is 11.0. The number of para-hydroxylation sites is 1. The number of benzene rings is 1. The van der Waals surface area contributed by atoms with Crippen LogP contribution in [0.5, 0.6) is 0 Å². The van der Waals surface area contributed by atoms with Crippen LogP contribution in [-0.4, -0.2) is 14.5 Å². The average molecular weight is 274 g/mol. The van der Waals surface area contributed by atoms with E-state index in [1.165, 1.54) is 0 Å². The van der Waals surface area contributed by atoms with Gasteiger partial charge in [0, 0.05) is 11.9 Å². The lowest BCUT2D eigenvalue weighted by Gasteiger charge is -2.04. The number of fused-ring (bicyclic) bond motifs is 1. The monoisotopic (exact) mass is 273 g/mol. The van der Waals surface area contributed by atoms with E-state index in [4.69, 9.17) is 0 Å². The molecule has 3 aromatic rings. The highest BCUT2D eigenvalue weighted by Gasteiger charge is 2.08. The second kappa shape index (κ2) is 3.72. The molecule has 0 unspecified atom stereocenters. The van der Waals surface area contributed by atoms with Crippen molar-refractivity contribution >= 4 is 27.0 Å². The Morgan fingerprint density at radius 2 is 1.88 bits per heavy atom. The van der Waals surface area contributed by atoms with Crippen molar-refractivity contribution in [1.82, 2.24) is 14.5 Å². The highest BCUT2D eigenvalue weighted by atomic mass is 79.9. The summed E-state index contributed by atoms with van der Waals surface area (Å²) in [6, 6.07) is 12.1. The van der Waals surface area contributed by atoms with Crippen molar-refractivity contribution in [2.45, 2.75) is 0 Å². The van der Waals surface area contributed by atoms with E-state index in [0.717, 1.165) is 21.5 Å². The van der Waals surface area contributed by atoms with Gasteiger partial charge in [0.15, 0.2) is 4.73 Å². The van der Waals surface area contributed by atoms with Gasteiger partial charge in [0.1, 0.15) is 5.52 Å². The van der Waals surface area contributed by atoms with Crippen LogP contribution >= 0.6 is 15.9 Å². The Bertz CT molecular complexity index is 631. The molecule has 0 bridgehead atoms. The zero-order valence-electron chi connectivity index (χ0n) is 8.34. The maximum Gasteiger partial charge on any atom is 0.182 e. The molecule has 1 aromatic carbocycles. The second-order valence-corrected chi connectivity index (χ2v) is 4.13. The number of pyridine rings is 1. The van der Waals surface area contributed by atoms with E-state index >= 15 is 0 Å². The molecular weight excluding hydrogens is 266 g/mol. The first-order valence-electron chi connectivity index (χ1n) is 4.89. The van der Waals surface area contributed by atoms with Gasteiger partial charge in [0.25, 0.3) is 0 Å². The van der Waals surface area contributed by atoms with E-state index in [2.05, 4.69) is 30.5 Å². The fourth-order valence-electron chi connectivity index (χ4n) is 1.73. The molecular formula is C12H8BrN3. The van der Waals surface area contributed by atoms with E-state index in [0.29, 0.717) is 0 Å². The number of imidazole rings is 1. The van der Waals surface area contributed by atoms with Gasteiger partial charge in [-0.15, -0.1) is 0 Å². The van der Waals surface area contributed by atoms with Gasteiger partial charge in [0.05, 0.1) is 11.7 Å². The first kappa shape index (κ1) is 9.54. The fraction of sp³-hybridized carbons (Fsp3) is 0. The highest BCUT2D eigenvalue weighted by Crippen LogP contribution is 2.23. The van der Waals surface area contributed by atoms with Crippen molar-refractivity contribution in [2.75, 3.05) is 0 Å². The predicted molar refractivity (Wildman–Crippen MR) is 66.6 cm³/mol. The SMILES string of the molecule is Brc1nc2cnccc2n1-c1ccccc1. The van der Waals surface area contributed by atoms with Crippen LogP contribution in [0.3, 0.4) is 0 Å². The van der Waals surface area contributed by atoms with E-state index in [9.17, 15) is 0 Å². The minimum atomic E-state index is 0.793. The maximum atomic E-state index is 4.41. The molecule has 0 saturated heterocycles. The Labute approximate surface area is 101 Å². The summed E-state index contributed by atoms with van der Waals surface area (Å²) >= 11 is 3.47. The van der Waals surface area contributed by atoms with Crippen molar-refractivity contribution in [1.29, 1.82) is 0 Å². The summed E-state index contributed by atoms with van der Waals surface area (Å²) in [7, 11) is 0. The van der Waals surface area contributed by atoms with Crippen LogP contribution in [0.25, 0.3) is 16.7 Å². The molecule has 0 fully saturated rings. The summed E-state index contributed by atoms with van der Waals surface area (Å²) in [6.07, 6.45) is 3.54. The zero-order valence-corrected chi connectivity index (χ0v) is 9.92. The highest BCUT2D eigenvalue weighted by molar-refractivity contribution is 9.10. The molecule has 16 heavy (non-hydrogen) atoms. The minimum Gasteiger partial charge on any atom is -0.287 e. The summed E-state index contributed by atoms with van der Waals surface area (Å²) in [6.45, 7) is 0. The quantitative estimate of drug-likeness (QED) is 0.682. The fourth-order valence-corrected chi connectivity index (χ4v) is 2.31. The topological polar surface area (TPSA) is 30.7 Å². The van der Waals surface area contributed by atoms with Crippen molar-refractivity contribution < 1.29 is 0 Å². The van der Waals surface area contributed by atoms with Crippen molar-refractivity contribution in [2.24, 2.45) is 0 Å². The lowest BCUT2D eigenvalue weighted by Crippen LogP contribution is -1.93. The van der Waals surface area contributed by atoms with Gasteiger partial charge in [-0.1, -0.05) is 18.2 Å². The average Bonchev–Trinajstić information content (AvgIpc) is 2.66. The summed E-state index contributed by atoms with van der Waals surface area (Å²) < 4.78 is 2.85. The summed E-state index contributed by atoms with van der Waals surface area (Å²) in [5, 5.41) is 0. The lowest BCUT2D eigenvalue weighted by atomic mass is 10.3. The van der Waals surface area contributed by atoms with Crippen LogP contribution in [-0.2, 0) is 0 Å². The molecule has 0 N–H and O–H groups in total. The molecule has 3 nitrogen and oxygen atoms in total. The van der Waals surface area contributed by atoms with Crippen molar-refractivity contribution in [3.8, 4) is 5.69 Å². The molecule has 0 spiro atoms. The van der Waals surface area contributed by atoms with Crippen LogP contribution < -0.4 is 0 Å². The molecule has 0 radical (unpaired) electrons. The summed E-state index contributed by atoms with van der Waals surface area (Å²) in [5.41, 5.74) is 3.02. The van der Waals surface area contributed by atoms with Crippen LogP contribution in [0.4, 0.5) is 0 Å². The normalized spacial score (nSPS) is 10.8. The van der Waals surface area contributed by atoms with Crippen molar-refractivity contribution in [3.63, 3.8) is 0 Å². The van der Waals surface area contributed by atoms with Gasteiger partial charge < -0.3 is 0 Å². The molecule has 0 amide bonds. The van der Waals surface area contributed by atoms with Crippen LogP contribution in [0, 0.1) is 0 Å². The molecule has 0 saturated carbocycles. The first-order valence-corrected chi connectivity index (χ1v) is 5.69. The van der Waals surface area contributed by atoms with Crippen LogP contribution in [0.15, 0.2) is 53.5 Å². The lowest BCUT2D eigenvalue weighted by molar-refractivity contribution is 1.05. The van der Waals surface area contributed by atoms with Gasteiger partial charge in [-0.2, -0.15) is 0 Å². The third kappa shape index (κ3) is 1.42. The van der Waals surface area contributed by atoms with E-state index in [1.54, 1.807) is 12.4 Å². The molecule has 2 heterocycles. The summed E-state index contributed by atoms with van der Waals surface area (Å²) in [4.78, 5) is 8.47. The second-order valence-electron chi connectivity index (χ2n) is 3.42. The van der Waals surface area contributed by atoms with Gasteiger partial charge in [-0.25, -0.2) is 4.98 Å². The molecule has 78 valence electrons. The van der Waals surface area contributed by atoms with Gasteiger partial charge in [-0.05, 0) is 34.1 Å². The first-order chi connectivity index (χ1) is 7.86. The van der Waals surface area contributed by atoms with E-state index < -0.39 is 0 Å². The largest absolute Gasteiger partial charge is 0.287 e. The Morgan fingerprint density at radius 3 is 2.69 bits per heavy atom. The Morgan fingerprint density at radius 1 is 1.06 bits per heavy atom. The number of aromatic nitrogens is 3. The molecule has 4 heteroatoms. The number of halogens is 1. The molecule has 3 rings (SSSR count). The van der Waals surface area contributed by atoms with Crippen LogP contribution in [0.2, 0.25) is 0 Å². The number of hydrogen-bond acceptors (Lipinski definition) is 2. The maximum absolute atomic E-state index is 4.41. The van der Waals surface area contributed by atoms with Crippen LogP contribution in [0.1, 0.15) is 0 Å². The molecule has 0 aliphatic carbocycles. The van der Waals surface area contributed by atoms with Gasteiger partial charge in [0.2, 0.25) is 0 Å². The molecule has 0 atom stereocenters. The number of nitrogens with zero attached hydrogens (tertiary/aromatic N) is 3. The summed E-state index contributed by atoms with van der Waals surface area (Å²) in [5.74, 6) is 0. The minimum absolute atomic E-state index is 0.793. The smallest absolute Gasteiger partial charge is 0.182 e. The van der Waals surface area contributed by atoms with E-state index in [-0.39, 0.29) is 0 Å². The third-order valence-electron chi connectivity index (χ3n) is 2.43. The standard InChI is InChI=1S/C12H8BrN3/c13-12-15-10-8-14-7-6-11(10)16(12)9-4-2-1-3-5-9/h1-8H. The number of hydrogen-bond donors (Lipinski definition) is 0. The molecule has 2 aromatic heterocycles. The van der Waals surface area contributed by atoms with E-state index in [1.807, 2.05) is 36.4 Å². The van der Waals surface area contributed by atoms with Crippen molar-refractivity contribution in [3.05, 3.63) is 53.5 Å². The van der Waals surface area contributed by atoms with Gasteiger partial charge in [-0.3, -0.25) is 9.55 Å². The Hall–Kier alpha value is -1.68. The van der Waals surface area contributed by atoms with Gasteiger partial charge >= 0.3 is 0 Å².